The molecule has 2 aromatic carbocycles. The molecule has 1 saturated carbocycles. The third-order valence-corrected chi connectivity index (χ3v) is 5.55. The second-order valence-electron chi connectivity index (χ2n) is 7.00. The molecule has 26 heavy (non-hydrogen) atoms. The molecule has 1 aliphatic heterocycles. The van der Waals surface area contributed by atoms with E-state index in [-0.39, 0.29) is 11.9 Å². The number of carbonyl (C=O) groups excluding carboxylic acids is 1. The van der Waals surface area contributed by atoms with E-state index >= 15 is 0 Å². The van der Waals surface area contributed by atoms with Crippen molar-refractivity contribution in [1.82, 2.24) is 9.80 Å². The molecule has 1 aliphatic carbocycles. The molecule has 4 nitrogen and oxygen atoms in total. The van der Waals surface area contributed by atoms with Gasteiger partial charge in [0.05, 0.1) is 18.7 Å². The normalized spacial score (nSPS) is 20.8. The van der Waals surface area contributed by atoms with Gasteiger partial charge in [-0.05, 0) is 36.6 Å². The van der Waals surface area contributed by atoms with Crippen LogP contribution in [0.25, 0.3) is 0 Å². The van der Waals surface area contributed by atoms with Crippen LogP contribution in [0.5, 0.6) is 5.75 Å². The molecule has 4 rings (SSSR count). The summed E-state index contributed by atoms with van der Waals surface area (Å²) < 4.78 is 5.41. The predicted octanol–water partition coefficient (Wildman–Crippen LogP) is 4.01. The minimum absolute atomic E-state index is 0.0198. The maximum Gasteiger partial charge on any atom is 0.258 e. The molecule has 0 N–H and O–H groups in total. The number of ether oxygens (including phenoxy) is 1. The highest BCUT2D eigenvalue weighted by molar-refractivity contribution is 6.31. The summed E-state index contributed by atoms with van der Waals surface area (Å²) in [5.41, 5.74) is 1.70. The van der Waals surface area contributed by atoms with E-state index in [1.54, 1.807) is 25.3 Å². The van der Waals surface area contributed by atoms with E-state index in [0.29, 0.717) is 28.9 Å². The summed E-state index contributed by atoms with van der Waals surface area (Å²) in [6.45, 7) is 2.51. The number of hydrogen-bond donors (Lipinski definition) is 0. The van der Waals surface area contributed by atoms with Crippen molar-refractivity contribution in [1.29, 1.82) is 0 Å². The minimum Gasteiger partial charge on any atom is -0.496 e. The quantitative estimate of drug-likeness (QED) is 0.815. The molecule has 0 radical (unpaired) electrons. The molecule has 1 saturated heterocycles. The van der Waals surface area contributed by atoms with Crippen LogP contribution in [0, 0.1) is 0 Å². The lowest BCUT2D eigenvalue weighted by Gasteiger charge is -2.42. The van der Waals surface area contributed by atoms with Crippen LogP contribution in [0.15, 0.2) is 48.5 Å². The van der Waals surface area contributed by atoms with Crippen LogP contribution >= 0.6 is 11.6 Å². The zero-order valence-electron chi connectivity index (χ0n) is 14.9. The van der Waals surface area contributed by atoms with Gasteiger partial charge in [0.1, 0.15) is 5.75 Å². The maximum atomic E-state index is 13.4. The van der Waals surface area contributed by atoms with Gasteiger partial charge in [-0.1, -0.05) is 41.9 Å². The molecule has 1 atom stereocenters. The molecular formula is C21H23ClN2O2. The highest BCUT2D eigenvalue weighted by atomic mass is 35.5. The highest BCUT2D eigenvalue weighted by Crippen LogP contribution is 2.35. The molecule has 1 unspecified atom stereocenters. The lowest BCUT2D eigenvalue weighted by Crippen LogP contribution is -2.51. The van der Waals surface area contributed by atoms with Gasteiger partial charge in [-0.2, -0.15) is 0 Å². The second kappa shape index (κ2) is 7.29. The van der Waals surface area contributed by atoms with Crippen LogP contribution < -0.4 is 4.74 Å². The average Bonchev–Trinajstić information content (AvgIpc) is 3.53. The largest absolute Gasteiger partial charge is 0.496 e. The standard InChI is InChI=1S/C21H23ClN2O2/c1-26-20-10-7-16(22)13-18(20)21(25)24-12-11-23(17-8-9-17)14-19(24)15-5-3-2-4-6-15/h2-7,10,13,17,19H,8-9,11-12,14H2,1H3. The monoisotopic (exact) mass is 370 g/mol. The van der Waals surface area contributed by atoms with Gasteiger partial charge >= 0.3 is 0 Å². The Labute approximate surface area is 159 Å². The van der Waals surface area contributed by atoms with Crippen LogP contribution in [0.3, 0.4) is 0 Å². The fourth-order valence-electron chi connectivity index (χ4n) is 3.78. The minimum atomic E-state index is -0.0198. The maximum absolute atomic E-state index is 13.4. The van der Waals surface area contributed by atoms with Crippen LogP contribution in [0.2, 0.25) is 5.02 Å². The molecule has 5 heteroatoms. The molecule has 2 aromatic rings. The topological polar surface area (TPSA) is 32.8 Å². The van der Waals surface area contributed by atoms with Crippen molar-refractivity contribution in [2.75, 3.05) is 26.7 Å². The fourth-order valence-corrected chi connectivity index (χ4v) is 3.95. The summed E-state index contributed by atoms with van der Waals surface area (Å²) in [7, 11) is 1.58. The first-order valence-corrected chi connectivity index (χ1v) is 9.48. The predicted molar refractivity (Wildman–Crippen MR) is 103 cm³/mol. The van der Waals surface area contributed by atoms with E-state index in [4.69, 9.17) is 16.3 Å². The van der Waals surface area contributed by atoms with Crippen LogP contribution in [-0.2, 0) is 0 Å². The number of rotatable bonds is 4. The van der Waals surface area contributed by atoms with Gasteiger partial charge in [-0.25, -0.2) is 0 Å². The zero-order chi connectivity index (χ0) is 18.1. The van der Waals surface area contributed by atoms with E-state index < -0.39 is 0 Å². The molecule has 136 valence electrons. The van der Waals surface area contributed by atoms with Gasteiger partial charge in [-0.3, -0.25) is 9.69 Å². The molecule has 0 aromatic heterocycles. The van der Waals surface area contributed by atoms with Gasteiger partial charge in [0, 0.05) is 30.7 Å². The molecular weight excluding hydrogens is 348 g/mol. The Morgan fingerprint density at radius 2 is 1.88 bits per heavy atom. The van der Waals surface area contributed by atoms with E-state index in [1.165, 1.54) is 18.4 Å². The summed E-state index contributed by atoms with van der Waals surface area (Å²) in [4.78, 5) is 17.9. The molecule has 1 amide bonds. The number of nitrogens with zero attached hydrogens (tertiary/aromatic N) is 2. The summed E-state index contributed by atoms with van der Waals surface area (Å²) >= 11 is 6.15. The van der Waals surface area contributed by atoms with Crippen molar-refractivity contribution in [2.45, 2.75) is 24.9 Å². The number of halogens is 1. The lowest BCUT2D eigenvalue weighted by molar-refractivity contribution is 0.0430. The Bertz CT molecular complexity index is 792. The number of hydrogen-bond acceptors (Lipinski definition) is 3. The Morgan fingerprint density at radius 3 is 2.58 bits per heavy atom. The SMILES string of the molecule is COc1ccc(Cl)cc1C(=O)N1CCN(C2CC2)CC1c1ccccc1. The van der Waals surface area contributed by atoms with Gasteiger partial charge in [0.15, 0.2) is 0 Å². The summed E-state index contributed by atoms with van der Waals surface area (Å²) in [5, 5.41) is 0.544. The van der Waals surface area contributed by atoms with E-state index in [1.807, 2.05) is 23.1 Å². The smallest absolute Gasteiger partial charge is 0.258 e. The number of carbonyl (C=O) groups is 1. The third-order valence-electron chi connectivity index (χ3n) is 5.31. The van der Waals surface area contributed by atoms with Crippen LogP contribution in [0.4, 0.5) is 0 Å². The van der Waals surface area contributed by atoms with Crippen LogP contribution in [0.1, 0.15) is 34.8 Å². The number of piperazine rings is 1. The lowest BCUT2D eigenvalue weighted by atomic mass is 10.0. The molecule has 0 spiro atoms. The Balaban J connectivity index is 1.66. The average molecular weight is 371 g/mol. The first-order valence-electron chi connectivity index (χ1n) is 9.11. The van der Waals surface area contributed by atoms with Crippen molar-refractivity contribution in [3.8, 4) is 5.75 Å². The highest BCUT2D eigenvalue weighted by Gasteiger charge is 2.38. The van der Waals surface area contributed by atoms with Crippen LogP contribution in [-0.4, -0.2) is 48.5 Å². The van der Waals surface area contributed by atoms with Crippen molar-refractivity contribution >= 4 is 17.5 Å². The Morgan fingerprint density at radius 1 is 1.12 bits per heavy atom. The molecule has 2 fully saturated rings. The van der Waals surface area contributed by atoms with E-state index in [2.05, 4.69) is 17.0 Å². The second-order valence-corrected chi connectivity index (χ2v) is 7.43. The van der Waals surface area contributed by atoms with E-state index in [0.717, 1.165) is 13.1 Å². The van der Waals surface area contributed by atoms with Crippen molar-refractivity contribution in [3.63, 3.8) is 0 Å². The summed E-state index contributed by atoms with van der Waals surface area (Å²) in [6, 6.07) is 16.2. The van der Waals surface area contributed by atoms with Gasteiger partial charge in [-0.15, -0.1) is 0 Å². The van der Waals surface area contributed by atoms with E-state index in [9.17, 15) is 4.79 Å². The number of benzene rings is 2. The third kappa shape index (κ3) is 3.44. The number of methoxy groups -OCH3 is 1. The van der Waals surface area contributed by atoms with Gasteiger partial charge in [0.2, 0.25) is 0 Å². The molecule has 1 heterocycles. The number of amides is 1. The fraction of sp³-hybridized carbons (Fsp3) is 0.381. The Hall–Kier alpha value is -2.04. The van der Waals surface area contributed by atoms with Gasteiger partial charge in [0.25, 0.3) is 5.91 Å². The van der Waals surface area contributed by atoms with Crippen molar-refractivity contribution in [2.24, 2.45) is 0 Å². The molecule has 2 aliphatic rings. The van der Waals surface area contributed by atoms with Crippen molar-refractivity contribution in [3.05, 3.63) is 64.7 Å². The summed E-state index contributed by atoms with van der Waals surface area (Å²) in [5.74, 6) is 0.546. The first-order chi connectivity index (χ1) is 12.7. The summed E-state index contributed by atoms with van der Waals surface area (Å²) in [6.07, 6.45) is 2.55. The first kappa shape index (κ1) is 17.4. The van der Waals surface area contributed by atoms with Crippen molar-refractivity contribution < 1.29 is 9.53 Å². The zero-order valence-corrected chi connectivity index (χ0v) is 15.7. The van der Waals surface area contributed by atoms with Gasteiger partial charge < -0.3 is 9.64 Å². The Kier molecular flexibility index (Phi) is 4.88. The molecule has 0 bridgehead atoms.